The van der Waals surface area contributed by atoms with Crippen molar-refractivity contribution in [2.45, 2.75) is 84.5 Å². The molecule has 1 saturated heterocycles. The third-order valence-electron chi connectivity index (χ3n) is 7.58. The number of aryl methyl sites for hydroxylation is 2. The number of rotatable bonds is 7. The topological polar surface area (TPSA) is 126 Å². The van der Waals surface area contributed by atoms with Crippen LogP contribution >= 0.6 is 0 Å². The van der Waals surface area contributed by atoms with Crippen LogP contribution < -0.4 is 21.5 Å². The number of pyridine rings is 2. The second kappa shape index (κ2) is 11.1. The van der Waals surface area contributed by atoms with Gasteiger partial charge < -0.3 is 31.2 Å². The van der Waals surface area contributed by atoms with E-state index >= 15 is 0 Å². The largest absolute Gasteiger partial charge is 0.367 e. The van der Waals surface area contributed by atoms with Crippen molar-refractivity contribution < 1.29 is 4.79 Å². The van der Waals surface area contributed by atoms with Crippen molar-refractivity contribution in [3.8, 4) is 0 Å². The lowest BCUT2D eigenvalue weighted by Gasteiger charge is -2.41. The molecule has 5 N–H and O–H groups in total. The highest BCUT2D eigenvalue weighted by Crippen LogP contribution is 2.35. The van der Waals surface area contributed by atoms with Gasteiger partial charge in [0.1, 0.15) is 5.82 Å². The maximum Gasteiger partial charge on any atom is 0.253 e. The number of aromatic nitrogens is 2. The van der Waals surface area contributed by atoms with Crippen LogP contribution in [0.4, 0.5) is 5.82 Å². The SMILES string of the molecule is Cc1cc(C)c(CNC(=O)c2cc(C3=CC(C)(C)NC(C)(C)C3)nc(NC3CCN(C)CC3)c2C=N)c(=O)[nH]1. The van der Waals surface area contributed by atoms with Gasteiger partial charge in [-0.15, -0.1) is 0 Å². The molecule has 0 radical (unpaired) electrons. The Morgan fingerprint density at radius 3 is 2.51 bits per heavy atom. The van der Waals surface area contributed by atoms with Crippen LogP contribution in [0.25, 0.3) is 5.57 Å². The molecular weight excluding hydrogens is 490 g/mol. The van der Waals surface area contributed by atoms with Gasteiger partial charge in [-0.25, -0.2) is 4.98 Å². The molecule has 2 aromatic heterocycles. The number of H-pyrrole nitrogens is 1. The third-order valence-corrected chi connectivity index (χ3v) is 7.58. The monoisotopic (exact) mass is 533 g/mol. The minimum Gasteiger partial charge on any atom is -0.367 e. The lowest BCUT2D eigenvalue weighted by molar-refractivity contribution is 0.0950. The standard InChI is InChI=1S/C30H43N7O2/c1-18-12-19(2)33-28(39)24(18)17-32-27(38)22-13-25(20-14-29(3,4)36-30(5,6)15-20)35-26(23(22)16-31)34-21-8-10-37(7)11-9-21/h12-14,16,21,31,36H,8-11,15,17H2,1-7H3,(H,32,38)(H,33,39)(H,34,35). The quantitative estimate of drug-likeness (QED) is 0.345. The van der Waals surface area contributed by atoms with Gasteiger partial charge in [0, 0.05) is 46.7 Å². The number of aromatic amines is 1. The first-order valence-corrected chi connectivity index (χ1v) is 13.8. The summed E-state index contributed by atoms with van der Waals surface area (Å²) < 4.78 is 0. The molecule has 0 unspecified atom stereocenters. The molecule has 0 saturated carbocycles. The molecule has 4 rings (SSSR count). The van der Waals surface area contributed by atoms with E-state index in [4.69, 9.17) is 10.4 Å². The highest BCUT2D eigenvalue weighted by atomic mass is 16.1. The molecule has 0 aromatic carbocycles. The van der Waals surface area contributed by atoms with Crippen LogP contribution in [0.2, 0.25) is 0 Å². The van der Waals surface area contributed by atoms with Gasteiger partial charge in [0.25, 0.3) is 11.5 Å². The Labute approximate surface area is 231 Å². The highest BCUT2D eigenvalue weighted by Gasteiger charge is 2.34. The van der Waals surface area contributed by atoms with Gasteiger partial charge in [0.15, 0.2) is 0 Å². The van der Waals surface area contributed by atoms with E-state index in [0.717, 1.165) is 54.9 Å². The van der Waals surface area contributed by atoms with Gasteiger partial charge in [0.2, 0.25) is 0 Å². The third kappa shape index (κ3) is 6.83. The van der Waals surface area contributed by atoms with Crippen LogP contribution in [0.1, 0.15) is 85.4 Å². The number of hydrogen-bond acceptors (Lipinski definition) is 7. The first kappa shape index (κ1) is 28.7. The Kier molecular flexibility index (Phi) is 8.14. The van der Waals surface area contributed by atoms with Gasteiger partial charge in [0.05, 0.1) is 11.3 Å². The zero-order valence-corrected chi connectivity index (χ0v) is 24.3. The van der Waals surface area contributed by atoms with Crippen molar-refractivity contribution in [1.29, 1.82) is 5.41 Å². The highest BCUT2D eigenvalue weighted by molar-refractivity contribution is 6.05. The number of nitrogens with one attached hydrogen (secondary N) is 5. The Morgan fingerprint density at radius 1 is 1.21 bits per heavy atom. The van der Waals surface area contributed by atoms with Crippen molar-refractivity contribution in [3.05, 3.63) is 62.2 Å². The predicted octanol–water partition coefficient (Wildman–Crippen LogP) is 3.75. The van der Waals surface area contributed by atoms with Crippen molar-refractivity contribution in [2.24, 2.45) is 0 Å². The van der Waals surface area contributed by atoms with Gasteiger partial charge >= 0.3 is 0 Å². The van der Waals surface area contributed by atoms with Crippen molar-refractivity contribution in [3.63, 3.8) is 0 Å². The average Bonchev–Trinajstić information content (AvgIpc) is 2.82. The number of amides is 1. The predicted molar refractivity (Wildman–Crippen MR) is 158 cm³/mol. The molecule has 0 bridgehead atoms. The summed E-state index contributed by atoms with van der Waals surface area (Å²) in [7, 11) is 2.12. The molecule has 0 aliphatic carbocycles. The molecule has 9 heteroatoms. The number of anilines is 1. The maximum absolute atomic E-state index is 13.6. The van der Waals surface area contributed by atoms with Gasteiger partial charge in [-0.05, 0) is 104 Å². The number of nitrogens with zero attached hydrogens (tertiary/aromatic N) is 2. The Morgan fingerprint density at radius 2 is 1.90 bits per heavy atom. The van der Waals surface area contributed by atoms with E-state index in [1.54, 1.807) is 6.07 Å². The Hall–Kier alpha value is -3.30. The van der Waals surface area contributed by atoms with E-state index in [1.807, 2.05) is 19.9 Å². The lowest BCUT2D eigenvalue weighted by atomic mass is 9.82. The van der Waals surface area contributed by atoms with Crippen molar-refractivity contribution in [1.82, 2.24) is 25.5 Å². The second-order valence-corrected chi connectivity index (χ2v) is 12.4. The minimum absolute atomic E-state index is 0.0970. The number of likely N-dealkylation sites (tertiary alicyclic amines) is 1. The summed E-state index contributed by atoms with van der Waals surface area (Å²) in [6.45, 7) is 14.4. The number of piperidine rings is 1. The van der Waals surface area contributed by atoms with Gasteiger partial charge in [-0.2, -0.15) is 0 Å². The normalized spacial score (nSPS) is 19.3. The van der Waals surface area contributed by atoms with E-state index in [1.165, 1.54) is 6.21 Å². The zero-order chi connectivity index (χ0) is 28.5. The lowest BCUT2D eigenvalue weighted by Crippen LogP contribution is -2.53. The zero-order valence-electron chi connectivity index (χ0n) is 24.3. The van der Waals surface area contributed by atoms with E-state index in [0.29, 0.717) is 22.5 Å². The van der Waals surface area contributed by atoms with Crippen LogP contribution in [0.3, 0.4) is 0 Å². The minimum atomic E-state index is -0.337. The van der Waals surface area contributed by atoms with Crippen LogP contribution in [0.5, 0.6) is 0 Å². The van der Waals surface area contributed by atoms with E-state index in [-0.39, 0.29) is 35.1 Å². The summed E-state index contributed by atoms with van der Waals surface area (Å²) in [5, 5.41) is 18.4. The number of carbonyl (C=O) groups excluding carboxylic acids is 1. The Balaban J connectivity index is 1.74. The second-order valence-electron chi connectivity index (χ2n) is 12.4. The number of carbonyl (C=O) groups is 1. The molecule has 1 amide bonds. The fourth-order valence-corrected chi connectivity index (χ4v) is 5.95. The molecule has 1 fully saturated rings. The molecule has 0 spiro atoms. The summed E-state index contributed by atoms with van der Waals surface area (Å²) in [5.41, 5.74) is 4.16. The summed E-state index contributed by atoms with van der Waals surface area (Å²) >= 11 is 0. The molecule has 9 nitrogen and oxygen atoms in total. The smallest absolute Gasteiger partial charge is 0.253 e. The number of hydrogen-bond donors (Lipinski definition) is 5. The fourth-order valence-electron chi connectivity index (χ4n) is 5.95. The van der Waals surface area contributed by atoms with Crippen LogP contribution in [0, 0.1) is 19.3 Å². The van der Waals surface area contributed by atoms with E-state index in [9.17, 15) is 9.59 Å². The van der Waals surface area contributed by atoms with Gasteiger partial charge in [-0.1, -0.05) is 6.08 Å². The average molecular weight is 534 g/mol. The summed E-state index contributed by atoms with van der Waals surface area (Å²) in [4.78, 5) is 36.3. The molecule has 2 aliphatic rings. The molecule has 2 aromatic rings. The molecule has 210 valence electrons. The maximum atomic E-state index is 13.6. The van der Waals surface area contributed by atoms with Crippen molar-refractivity contribution in [2.75, 3.05) is 25.5 Å². The summed E-state index contributed by atoms with van der Waals surface area (Å²) in [6.07, 6.45) is 6.06. The first-order chi connectivity index (χ1) is 18.3. The van der Waals surface area contributed by atoms with Gasteiger partial charge in [-0.3, -0.25) is 9.59 Å². The van der Waals surface area contributed by atoms with E-state index < -0.39 is 0 Å². The van der Waals surface area contributed by atoms with Crippen LogP contribution in [-0.2, 0) is 6.54 Å². The van der Waals surface area contributed by atoms with Crippen LogP contribution in [0.15, 0.2) is 23.0 Å². The summed E-state index contributed by atoms with van der Waals surface area (Å²) in [6, 6.07) is 3.90. The Bertz CT molecular complexity index is 1350. The van der Waals surface area contributed by atoms with Crippen LogP contribution in [-0.4, -0.2) is 64.2 Å². The molecule has 2 aliphatic heterocycles. The fraction of sp³-hybridized carbons (Fsp3) is 0.533. The molecule has 0 atom stereocenters. The van der Waals surface area contributed by atoms with E-state index in [2.05, 4.69) is 66.7 Å². The van der Waals surface area contributed by atoms with Crippen molar-refractivity contribution >= 4 is 23.5 Å². The molecular formula is C30H43N7O2. The first-order valence-electron chi connectivity index (χ1n) is 13.8. The molecule has 4 heterocycles. The molecule has 39 heavy (non-hydrogen) atoms. The summed E-state index contributed by atoms with van der Waals surface area (Å²) in [5.74, 6) is 0.220.